The van der Waals surface area contributed by atoms with Gasteiger partial charge in [0.05, 0.1) is 0 Å². The Bertz CT molecular complexity index is 235. The van der Waals surface area contributed by atoms with E-state index in [0.29, 0.717) is 5.41 Å². The van der Waals surface area contributed by atoms with Crippen molar-refractivity contribution < 1.29 is 0 Å². The molecule has 0 nitrogen and oxygen atoms in total. The molecule has 0 heterocycles. The third kappa shape index (κ3) is 21.7. The van der Waals surface area contributed by atoms with Crippen molar-refractivity contribution in [1.29, 1.82) is 0 Å². The van der Waals surface area contributed by atoms with Gasteiger partial charge in [0, 0.05) is 11.3 Å². The Morgan fingerprint density at radius 3 is 0.857 bits per heavy atom. The first-order chi connectivity index (χ1) is 8.75. The molecule has 0 amide bonds. The van der Waals surface area contributed by atoms with Crippen molar-refractivity contribution in [2.45, 2.75) is 70.9 Å². The molecule has 0 aliphatic rings. The first-order valence-corrected chi connectivity index (χ1v) is 9.20. The molecule has 0 radical (unpaired) electrons. The Morgan fingerprint density at radius 2 is 0.857 bits per heavy atom. The predicted molar refractivity (Wildman–Crippen MR) is 105 cm³/mol. The van der Waals surface area contributed by atoms with E-state index in [4.69, 9.17) is 69.6 Å². The lowest BCUT2D eigenvalue weighted by Gasteiger charge is -2.27. The van der Waals surface area contributed by atoms with Crippen LogP contribution in [0.3, 0.4) is 0 Å². The lowest BCUT2D eigenvalue weighted by molar-refractivity contribution is 0.423. The van der Waals surface area contributed by atoms with E-state index in [2.05, 4.69) is 20.8 Å². The Labute approximate surface area is 162 Å². The fourth-order valence-electron chi connectivity index (χ4n) is 0. The highest BCUT2D eigenvalue weighted by Gasteiger charge is 2.35. The van der Waals surface area contributed by atoms with Crippen LogP contribution >= 0.6 is 69.6 Å². The number of rotatable bonds is 0. The van der Waals surface area contributed by atoms with E-state index in [1.165, 1.54) is 0 Å². The summed E-state index contributed by atoms with van der Waals surface area (Å²) in [6.45, 7) is 18.0. The second kappa shape index (κ2) is 10.6. The summed E-state index contributed by atoms with van der Waals surface area (Å²) in [7, 11) is 0. The normalized spacial score (nSPS) is 13.1. The molecule has 0 saturated carbocycles. The standard InChI is InChI=1S/C5H9Cl3.C5H10Cl2.C5H11Cl/c1-4(2,3)5(6,7)8;1-5(2,3)4(6)7;1-5(2,3)4-6/h1-3H3;4H,1-3H3;4H2,1-3H3. The summed E-state index contributed by atoms with van der Waals surface area (Å²) in [5.74, 6) is 0.743. The summed E-state index contributed by atoms with van der Waals surface area (Å²) in [5, 5.41) is 0. The summed E-state index contributed by atoms with van der Waals surface area (Å²) >= 11 is 33.1. The van der Waals surface area contributed by atoms with Crippen LogP contribution in [0.25, 0.3) is 0 Å². The first kappa shape index (κ1) is 27.6. The molecule has 0 bridgehead atoms. The number of alkyl halides is 6. The van der Waals surface area contributed by atoms with Gasteiger partial charge in [-0.05, 0) is 10.8 Å². The molecule has 0 aliphatic heterocycles. The van der Waals surface area contributed by atoms with E-state index < -0.39 is 3.79 Å². The minimum absolute atomic E-state index is 0.0309. The lowest BCUT2D eigenvalue weighted by Crippen LogP contribution is -2.24. The number of hydrogen-bond acceptors (Lipinski definition) is 0. The van der Waals surface area contributed by atoms with Gasteiger partial charge in [0.15, 0.2) is 3.79 Å². The van der Waals surface area contributed by atoms with Gasteiger partial charge >= 0.3 is 0 Å². The van der Waals surface area contributed by atoms with E-state index in [9.17, 15) is 0 Å². The van der Waals surface area contributed by atoms with Crippen molar-refractivity contribution in [1.82, 2.24) is 0 Å². The zero-order chi connectivity index (χ0) is 18.3. The monoisotopic (exact) mass is 420 g/mol. The zero-order valence-electron chi connectivity index (χ0n) is 14.6. The van der Waals surface area contributed by atoms with Crippen LogP contribution in [-0.4, -0.2) is 14.5 Å². The summed E-state index contributed by atoms with van der Waals surface area (Å²) in [6, 6.07) is 0. The highest BCUT2D eigenvalue weighted by Crippen LogP contribution is 2.43. The second-order valence-corrected chi connectivity index (χ2v) is 11.8. The molecule has 0 aromatic carbocycles. The third-order valence-electron chi connectivity index (χ3n) is 1.91. The van der Waals surface area contributed by atoms with Crippen molar-refractivity contribution in [3.63, 3.8) is 0 Å². The molecular formula is C15H30Cl6. The fourth-order valence-corrected chi connectivity index (χ4v) is 0. The molecule has 0 fully saturated rings. The average Bonchev–Trinajstić information content (AvgIpc) is 2.13. The Kier molecular flexibility index (Phi) is 13.9. The Morgan fingerprint density at radius 1 is 0.714 bits per heavy atom. The maximum Gasteiger partial charge on any atom is 0.195 e. The topological polar surface area (TPSA) is 0 Å². The fraction of sp³-hybridized carbons (Fsp3) is 1.00. The van der Waals surface area contributed by atoms with Gasteiger partial charge in [0.1, 0.15) is 4.84 Å². The molecule has 21 heavy (non-hydrogen) atoms. The van der Waals surface area contributed by atoms with Gasteiger partial charge in [-0.3, -0.25) is 0 Å². The summed E-state index contributed by atoms with van der Waals surface area (Å²) in [4.78, 5) is -0.257. The highest BCUT2D eigenvalue weighted by molar-refractivity contribution is 6.68. The number of halogens is 6. The highest BCUT2D eigenvalue weighted by atomic mass is 35.6. The van der Waals surface area contributed by atoms with Crippen molar-refractivity contribution in [3.8, 4) is 0 Å². The quantitative estimate of drug-likeness (QED) is 0.343. The van der Waals surface area contributed by atoms with E-state index in [0.717, 1.165) is 5.88 Å². The maximum absolute atomic E-state index is 5.54. The largest absolute Gasteiger partial charge is 0.195 e. The molecule has 0 aromatic heterocycles. The van der Waals surface area contributed by atoms with E-state index >= 15 is 0 Å². The minimum atomic E-state index is -1.15. The van der Waals surface area contributed by atoms with Crippen molar-refractivity contribution >= 4 is 69.6 Å². The molecule has 0 atom stereocenters. The van der Waals surface area contributed by atoms with Crippen LogP contribution < -0.4 is 0 Å². The van der Waals surface area contributed by atoms with Gasteiger partial charge in [-0.1, -0.05) is 97.1 Å². The molecule has 6 heteroatoms. The van der Waals surface area contributed by atoms with Crippen LogP contribution in [0, 0.1) is 16.2 Å². The van der Waals surface area contributed by atoms with E-state index in [1.54, 1.807) is 0 Å². The zero-order valence-corrected chi connectivity index (χ0v) is 19.1. The number of hydrogen-bond donors (Lipinski definition) is 0. The lowest BCUT2D eigenvalue weighted by atomic mass is 10.00. The van der Waals surface area contributed by atoms with Gasteiger partial charge in [-0.25, -0.2) is 0 Å². The van der Waals surface area contributed by atoms with Crippen LogP contribution in [0.5, 0.6) is 0 Å². The molecular weight excluding hydrogens is 393 g/mol. The molecule has 0 spiro atoms. The van der Waals surface area contributed by atoms with Crippen molar-refractivity contribution in [2.24, 2.45) is 16.2 Å². The summed E-state index contributed by atoms with van der Waals surface area (Å²) in [5.41, 5.74) is 0.0718. The average molecular weight is 423 g/mol. The van der Waals surface area contributed by atoms with Gasteiger partial charge in [-0.15, -0.1) is 34.8 Å². The Hall–Kier alpha value is 1.74. The smallest absolute Gasteiger partial charge is 0.126 e. The molecule has 0 aromatic rings. The summed E-state index contributed by atoms with van der Waals surface area (Å²) < 4.78 is -1.15. The molecule has 0 aliphatic carbocycles. The maximum atomic E-state index is 5.54. The Balaban J connectivity index is -0.000000234. The van der Waals surface area contributed by atoms with Gasteiger partial charge in [-0.2, -0.15) is 0 Å². The first-order valence-electron chi connectivity index (χ1n) is 6.66. The van der Waals surface area contributed by atoms with Gasteiger partial charge < -0.3 is 0 Å². The molecule has 0 N–H and O–H groups in total. The van der Waals surface area contributed by atoms with E-state index in [-0.39, 0.29) is 15.7 Å². The van der Waals surface area contributed by atoms with E-state index in [1.807, 2.05) is 41.5 Å². The SMILES string of the molecule is CC(C)(C)C(Cl)(Cl)Cl.CC(C)(C)C(Cl)Cl.CC(C)(C)CCl. The molecule has 0 unspecified atom stereocenters. The second-order valence-electron chi connectivity index (χ2n) is 8.11. The van der Waals surface area contributed by atoms with Crippen LogP contribution in [0.15, 0.2) is 0 Å². The minimum Gasteiger partial charge on any atom is -0.126 e. The molecule has 0 rings (SSSR count). The predicted octanol–water partition coefficient (Wildman–Crippen LogP) is 8.51. The van der Waals surface area contributed by atoms with Gasteiger partial charge in [0.25, 0.3) is 0 Å². The van der Waals surface area contributed by atoms with Crippen molar-refractivity contribution in [3.05, 3.63) is 0 Å². The van der Waals surface area contributed by atoms with Crippen LogP contribution in [0.1, 0.15) is 62.3 Å². The van der Waals surface area contributed by atoms with Gasteiger partial charge in [0.2, 0.25) is 0 Å². The van der Waals surface area contributed by atoms with Crippen LogP contribution in [-0.2, 0) is 0 Å². The van der Waals surface area contributed by atoms with Crippen LogP contribution in [0.2, 0.25) is 0 Å². The molecule has 132 valence electrons. The third-order valence-corrected chi connectivity index (χ3v) is 5.72. The molecule has 0 saturated heterocycles. The van der Waals surface area contributed by atoms with Crippen LogP contribution in [0.4, 0.5) is 0 Å². The van der Waals surface area contributed by atoms with Crippen molar-refractivity contribution in [2.75, 3.05) is 5.88 Å². The summed E-state index contributed by atoms with van der Waals surface area (Å²) in [6.07, 6.45) is 0.